The Morgan fingerprint density at radius 1 is 1.30 bits per heavy atom. The number of carbonyl (C=O) groups is 1. The maximum absolute atomic E-state index is 14.9. The van der Waals surface area contributed by atoms with E-state index in [1.54, 1.807) is 25.2 Å². The lowest BCUT2D eigenvalue weighted by atomic mass is 9.93. The normalized spacial score (nSPS) is 29.2. The highest BCUT2D eigenvalue weighted by Crippen LogP contribution is 2.56. The molecule has 3 aliphatic rings. The largest absolute Gasteiger partial charge is 0.497 e. The van der Waals surface area contributed by atoms with Gasteiger partial charge in [0.25, 0.3) is 11.8 Å². The van der Waals surface area contributed by atoms with E-state index < -0.39 is 17.9 Å². The summed E-state index contributed by atoms with van der Waals surface area (Å²) >= 11 is 0. The van der Waals surface area contributed by atoms with Crippen LogP contribution in [0.4, 0.5) is 20.2 Å². The Labute approximate surface area is 159 Å². The summed E-state index contributed by atoms with van der Waals surface area (Å²) in [7, 11) is 3.09. The van der Waals surface area contributed by atoms with Gasteiger partial charge in [0.05, 0.1) is 18.5 Å². The summed E-state index contributed by atoms with van der Waals surface area (Å²) in [5.41, 5.74) is 1.10. The second-order valence-corrected chi connectivity index (χ2v) is 8.39. The predicted octanol–water partition coefficient (Wildman–Crippen LogP) is 4.69. The molecule has 0 radical (unpaired) electrons. The highest BCUT2D eigenvalue weighted by Gasteiger charge is 2.50. The smallest absolute Gasteiger partial charge is 0.277 e. The number of anilines is 2. The van der Waals surface area contributed by atoms with E-state index in [0.29, 0.717) is 23.5 Å². The number of likely N-dealkylation sites (N-methyl/N-ethyl adjacent to an activating group) is 1. The lowest BCUT2D eigenvalue weighted by molar-refractivity contribution is -0.127. The number of benzene rings is 1. The number of hydrogen-bond acceptors (Lipinski definition) is 3. The fourth-order valence-corrected chi connectivity index (χ4v) is 5.13. The lowest BCUT2D eigenvalue weighted by Crippen LogP contribution is -2.56. The average molecular weight is 378 g/mol. The molecule has 148 valence electrons. The molecular weight excluding hydrogens is 350 g/mol. The molecule has 2 fully saturated rings. The van der Waals surface area contributed by atoms with Crippen molar-refractivity contribution < 1.29 is 18.3 Å². The van der Waals surface area contributed by atoms with Crippen LogP contribution in [-0.4, -0.2) is 32.0 Å². The molecule has 1 heterocycles. The Hall–Kier alpha value is -1.85. The van der Waals surface area contributed by atoms with Crippen molar-refractivity contribution in [3.05, 3.63) is 18.2 Å². The molecule has 4 atom stereocenters. The second-order valence-electron chi connectivity index (χ2n) is 8.39. The fraction of sp³-hybridized carbons (Fsp3) is 0.667. The number of alkyl halides is 2. The Bertz CT molecular complexity index is 724. The number of halogens is 2. The summed E-state index contributed by atoms with van der Waals surface area (Å²) in [6.07, 6.45) is 6.08. The first-order valence-corrected chi connectivity index (χ1v) is 10.0. The van der Waals surface area contributed by atoms with Gasteiger partial charge in [-0.15, -0.1) is 0 Å². The minimum atomic E-state index is -3.06. The van der Waals surface area contributed by atoms with Crippen molar-refractivity contribution in [1.82, 2.24) is 0 Å². The van der Waals surface area contributed by atoms with Crippen LogP contribution in [0.25, 0.3) is 0 Å². The number of nitrogens with zero attached hydrogens (tertiary/aromatic N) is 1. The van der Waals surface area contributed by atoms with E-state index >= 15 is 0 Å². The van der Waals surface area contributed by atoms with Gasteiger partial charge in [-0.1, -0.05) is 12.8 Å². The van der Waals surface area contributed by atoms with Crippen LogP contribution in [0.2, 0.25) is 0 Å². The summed E-state index contributed by atoms with van der Waals surface area (Å²) in [6, 6.07) is 3.61. The molecule has 0 saturated heterocycles. The van der Waals surface area contributed by atoms with Crippen LogP contribution in [0, 0.1) is 17.8 Å². The molecule has 2 saturated carbocycles. The first-order chi connectivity index (χ1) is 12.9. The molecule has 3 unspecified atom stereocenters. The summed E-state index contributed by atoms with van der Waals surface area (Å²) < 4.78 is 35.0. The van der Waals surface area contributed by atoms with Crippen molar-refractivity contribution in [3.63, 3.8) is 0 Å². The zero-order valence-electron chi connectivity index (χ0n) is 16.0. The lowest BCUT2D eigenvalue weighted by Gasteiger charge is -2.39. The van der Waals surface area contributed by atoms with Gasteiger partial charge in [0, 0.05) is 19.5 Å². The Balaban J connectivity index is 1.37. The third kappa shape index (κ3) is 3.50. The molecule has 0 bridgehead atoms. The molecular formula is C21H28F2N2O2. The minimum Gasteiger partial charge on any atom is -0.497 e. The maximum atomic E-state index is 14.9. The summed E-state index contributed by atoms with van der Waals surface area (Å²) in [6.45, 7) is 0. The highest BCUT2D eigenvalue weighted by atomic mass is 19.3. The number of rotatable bonds is 7. The zero-order chi connectivity index (χ0) is 19.2. The van der Waals surface area contributed by atoms with Gasteiger partial charge in [0.15, 0.2) is 6.04 Å². The van der Waals surface area contributed by atoms with E-state index in [9.17, 15) is 13.6 Å². The van der Waals surface area contributed by atoms with Gasteiger partial charge in [-0.2, -0.15) is 0 Å². The third-order valence-electron chi connectivity index (χ3n) is 6.70. The van der Waals surface area contributed by atoms with Gasteiger partial charge < -0.3 is 15.0 Å². The van der Waals surface area contributed by atoms with Crippen LogP contribution in [-0.2, 0) is 4.79 Å². The average Bonchev–Trinajstić information content (AvgIpc) is 3.30. The van der Waals surface area contributed by atoms with E-state index in [-0.39, 0.29) is 6.42 Å². The zero-order valence-corrected chi connectivity index (χ0v) is 16.0. The van der Waals surface area contributed by atoms with E-state index in [2.05, 4.69) is 5.32 Å². The first-order valence-electron chi connectivity index (χ1n) is 10.0. The Morgan fingerprint density at radius 2 is 2.11 bits per heavy atom. The standard InChI is InChI=1S/C21H28F2N2O2/c1-25-18-9-8-15(27-2)12-17(18)24-20(26)19(25)21(22,23)10-4-3-5-13-6-7-14-11-16(13)14/h8-9,12-14,16,19H,3-7,10-11H2,1-2H3,(H,24,26)/t13-,14?,16?,19?/m0/s1. The third-order valence-corrected chi connectivity index (χ3v) is 6.70. The monoisotopic (exact) mass is 378 g/mol. The molecule has 27 heavy (non-hydrogen) atoms. The van der Waals surface area contributed by atoms with Crippen molar-refractivity contribution in [2.45, 2.75) is 56.9 Å². The number of methoxy groups -OCH3 is 1. The number of hydrogen-bond donors (Lipinski definition) is 1. The number of nitrogens with one attached hydrogen (secondary N) is 1. The van der Waals surface area contributed by atoms with Crippen molar-refractivity contribution >= 4 is 17.3 Å². The Kier molecular flexibility index (Phi) is 4.77. The van der Waals surface area contributed by atoms with Gasteiger partial charge >= 0.3 is 0 Å². The summed E-state index contributed by atoms with van der Waals surface area (Å²) in [5.74, 6) is -0.554. The van der Waals surface area contributed by atoms with E-state index in [1.807, 2.05) is 0 Å². The number of unbranched alkanes of at least 4 members (excludes halogenated alkanes) is 1. The van der Waals surface area contributed by atoms with Crippen LogP contribution < -0.4 is 15.0 Å². The SMILES string of the molecule is COc1ccc2c(c1)NC(=O)C(C(F)(F)CCCC[C@H]1CCC3CC31)N2C. The van der Waals surface area contributed by atoms with E-state index in [4.69, 9.17) is 4.74 Å². The summed E-state index contributed by atoms with van der Waals surface area (Å²) in [4.78, 5) is 13.8. The van der Waals surface area contributed by atoms with Crippen molar-refractivity contribution in [1.29, 1.82) is 0 Å². The van der Waals surface area contributed by atoms with Crippen LogP contribution in [0.3, 0.4) is 0 Å². The van der Waals surface area contributed by atoms with Crippen molar-refractivity contribution in [2.75, 3.05) is 24.4 Å². The van der Waals surface area contributed by atoms with Gasteiger partial charge in [-0.25, -0.2) is 8.78 Å². The highest BCUT2D eigenvalue weighted by molar-refractivity contribution is 6.04. The van der Waals surface area contributed by atoms with Crippen LogP contribution in [0.15, 0.2) is 18.2 Å². The number of carbonyl (C=O) groups excluding carboxylic acids is 1. The summed E-state index contributed by atoms with van der Waals surface area (Å²) in [5, 5.41) is 2.63. The molecule has 1 aromatic rings. The number of fused-ring (bicyclic) bond motifs is 2. The molecule has 1 N–H and O–H groups in total. The molecule has 1 amide bonds. The van der Waals surface area contributed by atoms with E-state index in [1.165, 1.54) is 31.3 Å². The fourth-order valence-electron chi connectivity index (χ4n) is 5.13. The molecule has 6 heteroatoms. The van der Waals surface area contributed by atoms with E-state index in [0.717, 1.165) is 30.6 Å². The Morgan fingerprint density at radius 3 is 2.78 bits per heavy atom. The first kappa shape index (κ1) is 18.5. The van der Waals surface area contributed by atoms with Gasteiger partial charge in [0.1, 0.15) is 5.75 Å². The molecule has 4 rings (SSSR count). The molecule has 0 spiro atoms. The number of ether oxygens (including phenoxy) is 1. The van der Waals surface area contributed by atoms with Crippen LogP contribution >= 0.6 is 0 Å². The predicted molar refractivity (Wildman–Crippen MR) is 102 cm³/mol. The van der Waals surface area contributed by atoms with Gasteiger partial charge in [0.2, 0.25) is 0 Å². The van der Waals surface area contributed by atoms with Crippen molar-refractivity contribution in [2.24, 2.45) is 17.8 Å². The van der Waals surface area contributed by atoms with Gasteiger partial charge in [-0.3, -0.25) is 4.79 Å². The van der Waals surface area contributed by atoms with Crippen molar-refractivity contribution in [3.8, 4) is 5.75 Å². The van der Waals surface area contributed by atoms with Crippen LogP contribution in [0.1, 0.15) is 44.9 Å². The number of amides is 1. The van der Waals surface area contributed by atoms with Crippen LogP contribution in [0.5, 0.6) is 5.75 Å². The second kappa shape index (κ2) is 6.95. The van der Waals surface area contributed by atoms with Gasteiger partial charge in [-0.05, 0) is 55.6 Å². The molecule has 1 aromatic carbocycles. The molecule has 2 aliphatic carbocycles. The molecule has 1 aliphatic heterocycles. The maximum Gasteiger partial charge on any atom is 0.277 e. The topological polar surface area (TPSA) is 41.6 Å². The molecule has 0 aromatic heterocycles. The quantitative estimate of drug-likeness (QED) is 0.700. The molecule has 4 nitrogen and oxygen atoms in total. The minimum absolute atomic E-state index is 0.248.